The van der Waals surface area contributed by atoms with Gasteiger partial charge in [-0.1, -0.05) is 13.2 Å². The van der Waals surface area contributed by atoms with Crippen molar-refractivity contribution >= 4 is 22.1 Å². The fourth-order valence-electron chi connectivity index (χ4n) is 0.798. The van der Waals surface area contributed by atoms with Gasteiger partial charge in [-0.25, -0.2) is 9.59 Å². The van der Waals surface area contributed by atoms with Crippen LogP contribution >= 0.6 is 0 Å². The van der Waals surface area contributed by atoms with Crippen molar-refractivity contribution in [1.29, 1.82) is 0 Å². The zero-order valence-electron chi connectivity index (χ0n) is 9.98. The lowest BCUT2D eigenvalue weighted by atomic mass is 10.6. The number of hydrogen-bond donors (Lipinski definition) is 1. The first-order valence-electron chi connectivity index (χ1n) is 4.97. The van der Waals surface area contributed by atoms with Crippen molar-refractivity contribution < 1.29 is 36.8 Å². The predicted octanol–water partition coefficient (Wildman–Crippen LogP) is -0.325. The number of rotatable bonds is 9. The van der Waals surface area contributed by atoms with Gasteiger partial charge in [0.1, 0.15) is 13.2 Å². The molecule has 0 saturated carbocycles. The second kappa shape index (κ2) is 8.40. The van der Waals surface area contributed by atoms with Crippen molar-refractivity contribution in [2.24, 2.45) is 0 Å². The van der Waals surface area contributed by atoms with E-state index in [2.05, 4.69) is 22.6 Å². The SMILES string of the molecule is C=CC(=O)OCCOCC(OC(=O)C=C)S(=O)(=O)O. The molecule has 0 aliphatic heterocycles. The van der Waals surface area contributed by atoms with Gasteiger partial charge in [0.15, 0.2) is 0 Å². The summed E-state index contributed by atoms with van der Waals surface area (Å²) in [6, 6.07) is 0. The van der Waals surface area contributed by atoms with Gasteiger partial charge in [-0.15, -0.1) is 0 Å². The number of ether oxygens (including phenoxy) is 3. The molecule has 0 aromatic carbocycles. The van der Waals surface area contributed by atoms with E-state index in [9.17, 15) is 18.0 Å². The summed E-state index contributed by atoms with van der Waals surface area (Å²) in [7, 11) is -4.62. The van der Waals surface area contributed by atoms with Crippen LogP contribution < -0.4 is 0 Å². The third kappa shape index (κ3) is 8.08. The van der Waals surface area contributed by atoms with Crippen LogP contribution in [0.1, 0.15) is 0 Å². The number of carbonyl (C=O) groups is 2. The van der Waals surface area contributed by atoms with E-state index in [-0.39, 0.29) is 13.2 Å². The molecule has 19 heavy (non-hydrogen) atoms. The second-order valence-corrected chi connectivity index (χ2v) is 4.59. The summed E-state index contributed by atoms with van der Waals surface area (Å²) in [4.78, 5) is 21.5. The van der Waals surface area contributed by atoms with Crippen molar-refractivity contribution in [3.05, 3.63) is 25.3 Å². The molecule has 0 aromatic heterocycles. The minimum atomic E-state index is -4.62. The van der Waals surface area contributed by atoms with Crippen LogP contribution in [-0.2, 0) is 33.9 Å². The maximum Gasteiger partial charge on any atom is 0.331 e. The normalized spacial score (nSPS) is 12.3. The van der Waals surface area contributed by atoms with Crippen molar-refractivity contribution in [1.82, 2.24) is 0 Å². The molecule has 0 aromatic rings. The first-order valence-corrected chi connectivity index (χ1v) is 6.48. The first kappa shape index (κ1) is 17.3. The molecule has 0 rings (SSSR count). The zero-order valence-corrected chi connectivity index (χ0v) is 10.8. The molecular formula is C10H14O8S. The molecule has 8 nitrogen and oxygen atoms in total. The quantitative estimate of drug-likeness (QED) is 0.266. The van der Waals surface area contributed by atoms with Crippen LogP contribution in [0.2, 0.25) is 0 Å². The molecule has 0 aliphatic rings. The Morgan fingerprint density at radius 2 is 1.74 bits per heavy atom. The summed E-state index contributed by atoms with van der Waals surface area (Å²) in [5.74, 6) is -1.68. The molecule has 0 bridgehead atoms. The Labute approximate surface area is 110 Å². The van der Waals surface area contributed by atoms with E-state index in [1.54, 1.807) is 0 Å². The Bertz CT molecular complexity index is 438. The Kier molecular flexibility index (Phi) is 7.65. The van der Waals surface area contributed by atoms with E-state index >= 15 is 0 Å². The zero-order chi connectivity index (χ0) is 14.9. The lowest BCUT2D eigenvalue weighted by Gasteiger charge is -2.14. The highest BCUT2D eigenvalue weighted by Crippen LogP contribution is 2.03. The average molecular weight is 294 g/mol. The molecule has 1 unspecified atom stereocenters. The Hall–Kier alpha value is -1.71. The van der Waals surface area contributed by atoms with Gasteiger partial charge < -0.3 is 14.2 Å². The van der Waals surface area contributed by atoms with Gasteiger partial charge in [0.05, 0.1) is 6.61 Å². The van der Waals surface area contributed by atoms with Crippen LogP contribution in [0.15, 0.2) is 25.3 Å². The third-order valence-electron chi connectivity index (χ3n) is 1.64. The van der Waals surface area contributed by atoms with Crippen LogP contribution in [0.3, 0.4) is 0 Å². The fraction of sp³-hybridized carbons (Fsp3) is 0.400. The third-order valence-corrected chi connectivity index (χ3v) is 2.54. The Balaban J connectivity index is 4.15. The van der Waals surface area contributed by atoms with Gasteiger partial charge in [0.2, 0.25) is 5.44 Å². The molecule has 0 heterocycles. The standard InChI is InChI=1S/C10H14O8S/c1-3-8(11)17-6-5-16-7-10(19(13,14)15)18-9(12)4-2/h3-4,10H,1-2,5-7H2,(H,13,14,15). The largest absolute Gasteiger partial charge is 0.460 e. The summed E-state index contributed by atoms with van der Waals surface area (Å²) >= 11 is 0. The lowest BCUT2D eigenvalue weighted by molar-refractivity contribution is -0.142. The molecule has 0 aliphatic carbocycles. The highest BCUT2D eigenvalue weighted by atomic mass is 32.2. The van der Waals surface area contributed by atoms with E-state index in [0.717, 1.165) is 12.2 Å². The lowest BCUT2D eigenvalue weighted by Crippen LogP contribution is -2.31. The van der Waals surface area contributed by atoms with Crippen molar-refractivity contribution in [2.45, 2.75) is 5.44 Å². The van der Waals surface area contributed by atoms with Gasteiger partial charge in [-0.2, -0.15) is 8.42 Å². The minimum Gasteiger partial charge on any atom is -0.460 e. The summed E-state index contributed by atoms with van der Waals surface area (Å²) < 4.78 is 44.2. The molecule has 0 saturated heterocycles. The predicted molar refractivity (Wildman–Crippen MR) is 63.6 cm³/mol. The van der Waals surface area contributed by atoms with Gasteiger partial charge in [-0.05, 0) is 0 Å². The maximum absolute atomic E-state index is 10.9. The van der Waals surface area contributed by atoms with Crippen LogP contribution in [0.5, 0.6) is 0 Å². The average Bonchev–Trinajstić information content (AvgIpc) is 2.34. The smallest absolute Gasteiger partial charge is 0.331 e. The van der Waals surface area contributed by atoms with Crippen molar-refractivity contribution in [3.8, 4) is 0 Å². The summed E-state index contributed by atoms with van der Waals surface area (Å²) in [6.07, 6.45) is 1.69. The van der Waals surface area contributed by atoms with E-state index in [0.29, 0.717) is 0 Å². The van der Waals surface area contributed by atoms with E-state index < -0.39 is 34.1 Å². The number of hydrogen-bond acceptors (Lipinski definition) is 7. The minimum absolute atomic E-state index is 0.140. The van der Waals surface area contributed by atoms with Crippen LogP contribution in [0.25, 0.3) is 0 Å². The van der Waals surface area contributed by atoms with Crippen LogP contribution in [0, 0.1) is 0 Å². The summed E-state index contributed by atoms with van der Waals surface area (Å²) in [6.45, 7) is 5.35. The van der Waals surface area contributed by atoms with Crippen LogP contribution in [0.4, 0.5) is 0 Å². The van der Waals surface area contributed by atoms with Crippen molar-refractivity contribution in [3.63, 3.8) is 0 Å². The molecule has 108 valence electrons. The maximum atomic E-state index is 10.9. The first-order chi connectivity index (χ1) is 8.81. The van der Waals surface area contributed by atoms with Crippen LogP contribution in [-0.4, -0.2) is 50.2 Å². The molecular weight excluding hydrogens is 280 g/mol. The van der Waals surface area contributed by atoms with Gasteiger partial charge in [0.25, 0.3) is 0 Å². The van der Waals surface area contributed by atoms with E-state index in [1.165, 1.54) is 0 Å². The monoisotopic (exact) mass is 294 g/mol. The van der Waals surface area contributed by atoms with E-state index in [1.807, 2.05) is 0 Å². The van der Waals surface area contributed by atoms with E-state index in [4.69, 9.17) is 9.29 Å². The molecule has 0 radical (unpaired) electrons. The van der Waals surface area contributed by atoms with Crippen molar-refractivity contribution in [2.75, 3.05) is 19.8 Å². The molecule has 0 fully saturated rings. The fourth-order valence-corrected chi connectivity index (χ4v) is 1.28. The Morgan fingerprint density at radius 3 is 2.21 bits per heavy atom. The summed E-state index contributed by atoms with van der Waals surface area (Å²) in [5.41, 5.74) is -1.87. The molecule has 0 spiro atoms. The Morgan fingerprint density at radius 1 is 1.16 bits per heavy atom. The topological polar surface area (TPSA) is 116 Å². The second-order valence-electron chi connectivity index (χ2n) is 3.03. The van der Waals surface area contributed by atoms with Gasteiger partial charge >= 0.3 is 22.1 Å². The molecule has 1 atom stereocenters. The summed E-state index contributed by atoms with van der Waals surface area (Å²) in [5, 5.41) is 0. The highest BCUT2D eigenvalue weighted by molar-refractivity contribution is 7.86. The highest BCUT2D eigenvalue weighted by Gasteiger charge is 2.26. The van der Waals surface area contributed by atoms with Gasteiger partial charge in [-0.3, -0.25) is 4.55 Å². The van der Waals surface area contributed by atoms with Gasteiger partial charge in [0, 0.05) is 12.2 Å². The molecule has 0 amide bonds. The number of carbonyl (C=O) groups excluding carboxylic acids is 2. The number of esters is 2. The molecule has 1 N–H and O–H groups in total. The molecule has 9 heteroatoms.